The van der Waals surface area contributed by atoms with E-state index in [0.717, 1.165) is 10.7 Å². The molecular formula is C14H14N2O6. The number of nitrogens with zero attached hydrogens (tertiary/aromatic N) is 2. The molecule has 0 unspecified atom stereocenters. The second-order valence-corrected chi connectivity index (χ2v) is 4.34. The molecule has 0 saturated carbocycles. The van der Waals surface area contributed by atoms with E-state index in [4.69, 9.17) is 14.6 Å². The van der Waals surface area contributed by atoms with E-state index in [1.54, 1.807) is 12.1 Å². The SMILES string of the molecule is COc1ccc(-n2nc(CC(=O)O)c(O)cc2=O)cc1OC. The zero-order chi connectivity index (χ0) is 16.3. The molecule has 0 spiro atoms. The van der Waals surface area contributed by atoms with Crippen molar-refractivity contribution in [2.75, 3.05) is 14.2 Å². The molecule has 116 valence electrons. The highest BCUT2D eigenvalue weighted by Crippen LogP contribution is 2.28. The molecule has 2 N–H and O–H groups in total. The highest BCUT2D eigenvalue weighted by molar-refractivity contribution is 5.70. The van der Waals surface area contributed by atoms with Crippen LogP contribution in [0.2, 0.25) is 0 Å². The molecule has 0 bridgehead atoms. The predicted octanol–water partition coefficient (Wildman–Crippen LogP) is 0.582. The summed E-state index contributed by atoms with van der Waals surface area (Å²) < 4.78 is 11.2. The molecule has 1 heterocycles. The average Bonchev–Trinajstić information content (AvgIpc) is 2.49. The van der Waals surface area contributed by atoms with Crippen molar-refractivity contribution in [3.8, 4) is 22.9 Å². The molecule has 8 heteroatoms. The maximum absolute atomic E-state index is 12.0. The van der Waals surface area contributed by atoms with Crippen LogP contribution in [0.25, 0.3) is 5.69 Å². The van der Waals surface area contributed by atoms with Crippen molar-refractivity contribution in [2.45, 2.75) is 6.42 Å². The summed E-state index contributed by atoms with van der Waals surface area (Å²) in [6.07, 6.45) is -0.501. The summed E-state index contributed by atoms with van der Waals surface area (Å²) in [6, 6.07) is 5.60. The number of hydrogen-bond donors (Lipinski definition) is 2. The molecule has 0 aliphatic rings. The highest BCUT2D eigenvalue weighted by atomic mass is 16.5. The largest absolute Gasteiger partial charge is 0.506 e. The Bertz CT molecular complexity index is 768. The van der Waals surface area contributed by atoms with E-state index in [0.29, 0.717) is 17.2 Å². The first-order valence-electron chi connectivity index (χ1n) is 6.22. The minimum absolute atomic E-state index is 0.109. The molecule has 0 radical (unpaired) electrons. The van der Waals surface area contributed by atoms with Crippen LogP contribution in [-0.2, 0) is 11.2 Å². The summed E-state index contributed by atoms with van der Waals surface area (Å²) in [6.45, 7) is 0. The zero-order valence-corrected chi connectivity index (χ0v) is 11.9. The van der Waals surface area contributed by atoms with Crippen LogP contribution in [0.4, 0.5) is 0 Å². The van der Waals surface area contributed by atoms with E-state index < -0.39 is 23.7 Å². The zero-order valence-electron chi connectivity index (χ0n) is 11.9. The molecular weight excluding hydrogens is 292 g/mol. The van der Waals surface area contributed by atoms with Crippen LogP contribution >= 0.6 is 0 Å². The quantitative estimate of drug-likeness (QED) is 0.831. The molecule has 0 aliphatic carbocycles. The molecule has 0 amide bonds. The lowest BCUT2D eigenvalue weighted by molar-refractivity contribution is -0.136. The van der Waals surface area contributed by atoms with E-state index in [9.17, 15) is 14.7 Å². The molecule has 0 atom stereocenters. The Kier molecular flexibility index (Phi) is 4.31. The minimum Gasteiger partial charge on any atom is -0.506 e. The minimum atomic E-state index is -1.17. The number of carboxylic acid groups (broad SMARTS) is 1. The summed E-state index contributed by atoms with van der Waals surface area (Å²) in [5.74, 6) is -0.755. The third-order valence-electron chi connectivity index (χ3n) is 2.92. The van der Waals surface area contributed by atoms with Crippen molar-refractivity contribution < 1.29 is 24.5 Å². The molecule has 22 heavy (non-hydrogen) atoms. The second kappa shape index (κ2) is 6.17. The van der Waals surface area contributed by atoms with Crippen LogP contribution in [0.5, 0.6) is 17.2 Å². The normalized spacial score (nSPS) is 10.3. The van der Waals surface area contributed by atoms with Gasteiger partial charge in [0.05, 0.1) is 26.3 Å². The number of hydrogen-bond acceptors (Lipinski definition) is 6. The number of benzene rings is 1. The predicted molar refractivity (Wildman–Crippen MR) is 75.9 cm³/mol. The Morgan fingerprint density at radius 2 is 1.91 bits per heavy atom. The smallest absolute Gasteiger partial charge is 0.309 e. The number of ether oxygens (including phenoxy) is 2. The maximum Gasteiger partial charge on any atom is 0.309 e. The fourth-order valence-corrected chi connectivity index (χ4v) is 1.89. The standard InChI is InChI=1S/C14H14N2O6/c1-21-11-4-3-8(5-12(11)22-2)16-13(18)7-10(17)9(15-16)6-14(19)20/h3-5,7,17H,6H2,1-2H3,(H,19,20). The van der Waals surface area contributed by atoms with Gasteiger partial charge in [-0.3, -0.25) is 9.59 Å². The molecule has 1 aromatic heterocycles. The van der Waals surface area contributed by atoms with Crippen molar-refractivity contribution in [1.82, 2.24) is 9.78 Å². The van der Waals surface area contributed by atoms with E-state index in [-0.39, 0.29) is 5.69 Å². The summed E-state index contributed by atoms with van der Waals surface area (Å²) in [7, 11) is 2.93. The molecule has 8 nitrogen and oxygen atoms in total. The van der Waals surface area contributed by atoms with Crippen LogP contribution in [0, 0.1) is 0 Å². The molecule has 0 aliphatic heterocycles. The van der Waals surface area contributed by atoms with Crippen LogP contribution in [0.3, 0.4) is 0 Å². The van der Waals surface area contributed by atoms with Crippen molar-refractivity contribution in [3.05, 3.63) is 40.3 Å². The van der Waals surface area contributed by atoms with Gasteiger partial charge < -0.3 is 19.7 Å². The first-order chi connectivity index (χ1) is 10.5. The fraction of sp³-hybridized carbons (Fsp3) is 0.214. The molecule has 1 aromatic carbocycles. The maximum atomic E-state index is 12.0. The lowest BCUT2D eigenvalue weighted by Gasteiger charge is -2.11. The lowest BCUT2D eigenvalue weighted by Crippen LogP contribution is -2.22. The monoisotopic (exact) mass is 306 g/mol. The van der Waals surface area contributed by atoms with E-state index >= 15 is 0 Å². The van der Waals surface area contributed by atoms with Gasteiger partial charge in [0.15, 0.2) is 11.5 Å². The second-order valence-electron chi connectivity index (χ2n) is 4.34. The summed E-state index contributed by atoms with van der Waals surface area (Å²) in [5.41, 5.74) is -0.352. The Hall–Kier alpha value is -3.03. The van der Waals surface area contributed by atoms with Gasteiger partial charge in [0.25, 0.3) is 5.56 Å². The molecule has 0 saturated heterocycles. The van der Waals surface area contributed by atoms with Crippen molar-refractivity contribution in [3.63, 3.8) is 0 Å². The molecule has 2 aromatic rings. The summed E-state index contributed by atoms with van der Waals surface area (Å²) in [5, 5.41) is 22.3. The first kappa shape index (κ1) is 15.4. The van der Waals surface area contributed by atoms with Gasteiger partial charge in [0.2, 0.25) is 0 Å². The van der Waals surface area contributed by atoms with Gasteiger partial charge in [0, 0.05) is 12.1 Å². The van der Waals surface area contributed by atoms with Gasteiger partial charge in [-0.25, -0.2) is 0 Å². The van der Waals surface area contributed by atoms with Crippen molar-refractivity contribution in [1.29, 1.82) is 0 Å². The number of carbonyl (C=O) groups is 1. The summed E-state index contributed by atoms with van der Waals surface area (Å²) >= 11 is 0. The number of methoxy groups -OCH3 is 2. The number of aromatic nitrogens is 2. The Morgan fingerprint density at radius 3 is 2.50 bits per heavy atom. The Morgan fingerprint density at radius 1 is 1.23 bits per heavy atom. The van der Waals surface area contributed by atoms with Gasteiger partial charge in [-0.1, -0.05) is 0 Å². The van der Waals surface area contributed by atoms with Crippen LogP contribution < -0.4 is 15.0 Å². The third kappa shape index (κ3) is 3.00. The average molecular weight is 306 g/mol. The Balaban J connectivity index is 2.57. The van der Waals surface area contributed by atoms with Crippen molar-refractivity contribution in [2.24, 2.45) is 0 Å². The van der Waals surface area contributed by atoms with Gasteiger partial charge in [-0.2, -0.15) is 9.78 Å². The van der Waals surface area contributed by atoms with Gasteiger partial charge in [0.1, 0.15) is 11.4 Å². The molecule has 2 rings (SSSR count). The number of rotatable bonds is 5. The number of carboxylic acids is 1. The van der Waals surface area contributed by atoms with Crippen LogP contribution in [0.1, 0.15) is 5.69 Å². The van der Waals surface area contributed by atoms with Crippen molar-refractivity contribution >= 4 is 5.97 Å². The number of aliphatic carboxylic acids is 1. The van der Waals surface area contributed by atoms with Crippen LogP contribution in [0.15, 0.2) is 29.1 Å². The third-order valence-corrected chi connectivity index (χ3v) is 2.92. The first-order valence-corrected chi connectivity index (χ1v) is 6.22. The topological polar surface area (TPSA) is 111 Å². The Labute approximate surface area is 125 Å². The fourth-order valence-electron chi connectivity index (χ4n) is 1.89. The van der Waals surface area contributed by atoms with E-state index in [1.165, 1.54) is 20.3 Å². The highest BCUT2D eigenvalue weighted by Gasteiger charge is 2.14. The van der Waals surface area contributed by atoms with Gasteiger partial charge in [-0.15, -0.1) is 0 Å². The van der Waals surface area contributed by atoms with E-state index in [1.807, 2.05) is 0 Å². The lowest BCUT2D eigenvalue weighted by atomic mass is 10.2. The summed E-state index contributed by atoms with van der Waals surface area (Å²) in [4.78, 5) is 22.7. The van der Waals surface area contributed by atoms with Crippen LogP contribution in [-0.4, -0.2) is 40.2 Å². The van der Waals surface area contributed by atoms with Gasteiger partial charge in [-0.05, 0) is 12.1 Å². The molecule has 0 fully saturated rings. The van der Waals surface area contributed by atoms with Gasteiger partial charge >= 0.3 is 5.97 Å². The van der Waals surface area contributed by atoms with E-state index in [2.05, 4.69) is 5.10 Å². The number of aromatic hydroxyl groups is 1.